The molecule has 0 saturated carbocycles. The highest BCUT2D eigenvalue weighted by Gasteiger charge is 2.19. The number of ether oxygens (including phenoxy) is 1. The molecule has 3 aromatic heterocycles. The van der Waals surface area contributed by atoms with Crippen LogP contribution in [0.25, 0.3) is 5.82 Å². The highest BCUT2D eigenvalue weighted by molar-refractivity contribution is 6.32. The minimum atomic E-state index is -0.242. The third-order valence-corrected chi connectivity index (χ3v) is 5.10. The molecule has 0 saturated heterocycles. The summed E-state index contributed by atoms with van der Waals surface area (Å²) in [6, 6.07) is 1.70. The number of aromatic nitrogens is 5. The van der Waals surface area contributed by atoms with Crippen LogP contribution in [0.15, 0.2) is 30.9 Å². The quantitative estimate of drug-likeness (QED) is 0.579. The van der Waals surface area contributed by atoms with Crippen molar-refractivity contribution in [3.8, 4) is 5.82 Å². The van der Waals surface area contributed by atoms with Crippen LogP contribution >= 0.6 is 23.2 Å². The molecule has 9 heteroatoms. The van der Waals surface area contributed by atoms with Crippen molar-refractivity contribution in [3.63, 3.8) is 0 Å². The molecule has 0 bridgehead atoms. The number of pyridine rings is 2. The number of carbonyl (C=O) groups is 1. The zero-order valence-electron chi connectivity index (χ0n) is 15.7. The molecule has 0 unspecified atom stereocenters. The summed E-state index contributed by atoms with van der Waals surface area (Å²) in [5.74, 6) is 0.405. The predicted molar refractivity (Wildman–Crippen MR) is 106 cm³/mol. The zero-order chi connectivity index (χ0) is 20.3. The molecule has 0 aliphatic carbocycles. The largest absolute Gasteiger partial charge is 0.377 e. The first-order valence-electron chi connectivity index (χ1n) is 8.60. The first-order valence-corrected chi connectivity index (χ1v) is 9.35. The predicted octanol–water partition coefficient (Wildman–Crippen LogP) is 3.73. The van der Waals surface area contributed by atoms with Gasteiger partial charge in [-0.2, -0.15) is 10.2 Å². The highest BCUT2D eigenvalue weighted by Crippen LogP contribution is 2.30. The van der Waals surface area contributed by atoms with Crippen molar-refractivity contribution in [1.82, 2.24) is 25.0 Å². The summed E-state index contributed by atoms with van der Waals surface area (Å²) in [7, 11) is 1.60. The van der Waals surface area contributed by atoms with E-state index in [0.717, 1.165) is 11.1 Å². The standard InChI is InChI=1S/C19H19Cl2N5O2/c1-11-18(21)17(12(2)28-3)14(10-22-11)8-15(27)6-13-7-16(20)19(23-9-13)26-24-4-5-25-26/h4-5,7,9-10,12H,6,8H2,1-3H3/t12-/m0/s1. The Bertz CT molecular complexity index is 992. The van der Waals surface area contributed by atoms with Crippen LogP contribution in [0, 0.1) is 6.92 Å². The summed E-state index contributed by atoms with van der Waals surface area (Å²) in [5.41, 5.74) is 2.96. The summed E-state index contributed by atoms with van der Waals surface area (Å²) < 4.78 is 5.41. The minimum absolute atomic E-state index is 0.00546. The van der Waals surface area contributed by atoms with Crippen LogP contribution in [0.4, 0.5) is 0 Å². The molecule has 146 valence electrons. The van der Waals surface area contributed by atoms with Crippen LogP contribution < -0.4 is 0 Å². The van der Waals surface area contributed by atoms with Gasteiger partial charge in [-0.3, -0.25) is 9.78 Å². The molecule has 0 aliphatic heterocycles. The number of ketones is 1. The van der Waals surface area contributed by atoms with E-state index in [-0.39, 0.29) is 24.7 Å². The molecule has 0 fully saturated rings. The van der Waals surface area contributed by atoms with Crippen molar-refractivity contribution in [3.05, 3.63) is 63.3 Å². The Hall–Kier alpha value is -2.35. The number of rotatable bonds is 7. The van der Waals surface area contributed by atoms with Gasteiger partial charge in [0.15, 0.2) is 5.82 Å². The van der Waals surface area contributed by atoms with Gasteiger partial charge < -0.3 is 4.74 Å². The first-order chi connectivity index (χ1) is 13.4. The number of carbonyl (C=O) groups excluding carboxylic acids is 1. The number of halogens is 2. The lowest BCUT2D eigenvalue weighted by molar-refractivity contribution is -0.117. The van der Waals surface area contributed by atoms with Crippen molar-refractivity contribution in [1.29, 1.82) is 0 Å². The fourth-order valence-electron chi connectivity index (χ4n) is 2.88. The van der Waals surface area contributed by atoms with Crippen LogP contribution in [0.2, 0.25) is 10.0 Å². The summed E-state index contributed by atoms with van der Waals surface area (Å²) in [5, 5.41) is 8.91. The van der Waals surface area contributed by atoms with E-state index in [9.17, 15) is 4.79 Å². The van der Waals surface area contributed by atoms with E-state index in [1.165, 1.54) is 17.2 Å². The molecular weight excluding hydrogens is 401 g/mol. The third-order valence-electron chi connectivity index (χ3n) is 4.35. The van der Waals surface area contributed by atoms with Crippen molar-refractivity contribution in [2.24, 2.45) is 0 Å². The molecule has 1 atom stereocenters. The van der Waals surface area contributed by atoms with E-state index in [4.69, 9.17) is 27.9 Å². The monoisotopic (exact) mass is 419 g/mol. The molecule has 0 radical (unpaired) electrons. The van der Waals surface area contributed by atoms with Gasteiger partial charge in [0.25, 0.3) is 0 Å². The van der Waals surface area contributed by atoms with Gasteiger partial charge in [0.2, 0.25) is 0 Å². The highest BCUT2D eigenvalue weighted by atomic mass is 35.5. The topological polar surface area (TPSA) is 82.8 Å². The Labute approximate surface area is 172 Å². The van der Waals surface area contributed by atoms with Crippen LogP contribution in [0.1, 0.15) is 35.4 Å². The van der Waals surface area contributed by atoms with Gasteiger partial charge in [-0.05, 0) is 31.0 Å². The molecule has 0 N–H and O–H groups in total. The maximum absolute atomic E-state index is 12.7. The molecule has 0 aliphatic rings. The van der Waals surface area contributed by atoms with Crippen molar-refractivity contribution < 1.29 is 9.53 Å². The smallest absolute Gasteiger partial charge is 0.193 e. The van der Waals surface area contributed by atoms with Crippen LogP contribution in [0.3, 0.4) is 0 Å². The Morgan fingerprint density at radius 1 is 1.18 bits per heavy atom. The van der Waals surface area contributed by atoms with E-state index in [2.05, 4.69) is 20.2 Å². The molecule has 0 aromatic carbocycles. The number of methoxy groups -OCH3 is 1. The number of nitrogens with zero attached hydrogens (tertiary/aromatic N) is 5. The van der Waals surface area contributed by atoms with Gasteiger partial charge in [0.05, 0.1) is 34.2 Å². The second kappa shape index (κ2) is 8.77. The molecule has 28 heavy (non-hydrogen) atoms. The second-order valence-electron chi connectivity index (χ2n) is 6.33. The summed E-state index contributed by atoms with van der Waals surface area (Å²) in [6.45, 7) is 3.71. The number of hydrogen-bond acceptors (Lipinski definition) is 6. The molecule has 0 amide bonds. The lowest BCUT2D eigenvalue weighted by Gasteiger charge is -2.17. The number of Topliss-reactive ketones (excluding diaryl/α,β-unsaturated/α-hetero) is 1. The lowest BCUT2D eigenvalue weighted by atomic mass is 9.97. The fraction of sp³-hybridized carbons (Fsp3) is 0.316. The SMILES string of the molecule is CO[C@@H](C)c1c(CC(=O)Cc2cnc(-n3nccn3)c(Cl)c2)cnc(C)c1Cl. The summed E-state index contributed by atoms with van der Waals surface area (Å²) >= 11 is 12.7. The molecule has 3 rings (SSSR count). The summed E-state index contributed by atoms with van der Waals surface area (Å²) in [4.78, 5) is 22.5. The maximum atomic E-state index is 12.7. The Kier molecular flexibility index (Phi) is 6.39. The maximum Gasteiger partial charge on any atom is 0.193 e. The normalized spacial score (nSPS) is 12.2. The average Bonchev–Trinajstić information content (AvgIpc) is 3.19. The van der Waals surface area contributed by atoms with Crippen molar-refractivity contribution in [2.75, 3.05) is 7.11 Å². The zero-order valence-corrected chi connectivity index (χ0v) is 17.2. The minimum Gasteiger partial charge on any atom is -0.377 e. The number of hydrogen-bond donors (Lipinski definition) is 0. The van der Waals surface area contributed by atoms with Gasteiger partial charge in [0, 0.05) is 37.9 Å². The van der Waals surface area contributed by atoms with Gasteiger partial charge in [-0.1, -0.05) is 23.2 Å². The van der Waals surface area contributed by atoms with E-state index < -0.39 is 0 Å². The van der Waals surface area contributed by atoms with E-state index in [0.29, 0.717) is 27.1 Å². The van der Waals surface area contributed by atoms with Crippen molar-refractivity contribution >= 4 is 29.0 Å². The van der Waals surface area contributed by atoms with Gasteiger partial charge in [-0.15, -0.1) is 4.80 Å². The van der Waals surface area contributed by atoms with Gasteiger partial charge >= 0.3 is 0 Å². The van der Waals surface area contributed by atoms with Crippen LogP contribution in [-0.2, 0) is 22.4 Å². The molecular formula is C19H19Cl2N5O2. The summed E-state index contributed by atoms with van der Waals surface area (Å²) in [6.07, 6.45) is 6.49. The van der Waals surface area contributed by atoms with E-state index in [1.807, 2.05) is 13.8 Å². The van der Waals surface area contributed by atoms with Crippen LogP contribution in [-0.4, -0.2) is 37.9 Å². The van der Waals surface area contributed by atoms with Gasteiger partial charge in [0.1, 0.15) is 5.78 Å². The Morgan fingerprint density at radius 2 is 1.89 bits per heavy atom. The van der Waals surface area contributed by atoms with E-state index in [1.54, 1.807) is 25.6 Å². The Morgan fingerprint density at radius 3 is 2.54 bits per heavy atom. The van der Waals surface area contributed by atoms with Crippen molar-refractivity contribution in [2.45, 2.75) is 32.8 Å². The number of aryl methyl sites for hydroxylation is 1. The van der Waals surface area contributed by atoms with E-state index >= 15 is 0 Å². The first kappa shape index (κ1) is 20.4. The van der Waals surface area contributed by atoms with Crippen LogP contribution in [0.5, 0.6) is 0 Å². The molecule has 3 aromatic rings. The molecule has 7 nitrogen and oxygen atoms in total. The molecule has 0 spiro atoms. The molecule has 3 heterocycles. The third kappa shape index (κ3) is 4.38. The Balaban J connectivity index is 1.78. The lowest BCUT2D eigenvalue weighted by Crippen LogP contribution is -2.12. The second-order valence-corrected chi connectivity index (χ2v) is 7.12. The average molecular weight is 420 g/mol. The fourth-order valence-corrected chi connectivity index (χ4v) is 3.47. The van der Waals surface area contributed by atoms with Gasteiger partial charge in [-0.25, -0.2) is 4.98 Å².